The minimum Gasteiger partial charge on any atom is -0.484 e. The summed E-state index contributed by atoms with van der Waals surface area (Å²) in [5, 5.41) is 8.79. The summed E-state index contributed by atoms with van der Waals surface area (Å²) in [6.45, 7) is 2.25. The second-order valence-corrected chi connectivity index (χ2v) is 5.84. The maximum absolute atomic E-state index is 12.0. The Hall–Kier alpha value is -3.06. The highest BCUT2D eigenvalue weighted by atomic mass is 16.5. The predicted molar refractivity (Wildman–Crippen MR) is 97.2 cm³/mol. The lowest BCUT2D eigenvalue weighted by Gasteiger charge is -2.14. The number of anilines is 1. The lowest BCUT2D eigenvalue weighted by atomic mass is 10.1. The smallest absolute Gasteiger partial charge is 0.291 e. The molecule has 3 N–H and O–H groups in total. The molecule has 7 heteroatoms. The summed E-state index contributed by atoms with van der Waals surface area (Å²) < 4.78 is 10.6. The van der Waals surface area contributed by atoms with Crippen LogP contribution in [-0.4, -0.2) is 38.1 Å². The van der Waals surface area contributed by atoms with Crippen LogP contribution in [0, 0.1) is 0 Å². The molecular weight excluding hydrogens is 334 g/mol. The molecule has 0 saturated heterocycles. The van der Waals surface area contributed by atoms with Crippen LogP contribution >= 0.6 is 0 Å². The Morgan fingerprint density at radius 3 is 2.92 bits per heavy atom. The van der Waals surface area contributed by atoms with Crippen LogP contribution in [0.25, 0.3) is 0 Å². The van der Waals surface area contributed by atoms with Gasteiger partial charge >= 0.3 is 0 Å². The van der Waals surface area contributed by atoms with Gasteiger partial charge in [0.05, 0.1) is 6.26 Å². The molecule has 0 saturated carbocycles. The normalized spacial score (nSPS) is 13.6. The fraction of sp³-hybridized carbons (Fsp3) is 0.263. The fourth-order valence-corrected chi connectivity index (χ4v) is 2.51. The number of rotatable bonds is 7. The average Bonchev–Trinajstić information content (AvgIpc) is 3.21. The summed E-state index contributed by atoms with van der Waals surface area (Å²) >= 11 is 0. The van der Waals surface area contributed by atoms with Crippen LogP contribution in [0.1, 0.15) is 17.0 Å². The minimum absolute atomic E-state index is 0.0822. The van der Waals surface area contributed by atoms with Crippen LogP contribution in [0.15, 0.2) is 58.7 Å². The van der Waals surface area contributed by atoms with E-state index >= 15 is 0 Å². The lowest BCUT2D eigenvalue weighted by Crippen LogP contribution is -2.32. The van der Waals surface area contributed by atoms with E-state index in [0.717, 1.165) is 19.5 Å². The molecule has 2 amide bonds. The zero-order chi connectivity index (χ0) is 18.2. The van der Waals surface area contributed by atoms with Gasteiger partial charge in [-0.15, -0.1) is 0 Å². The number of nitrogens with one attached hydrogen (secondary N) is 3. The predicted octanol–water partition coefficient (Wildman–Crippen LogP) is 1.95. The van der Waals surface area contributed by atoms with Crippen LogP contribution in [0.5, 0.6) is 5.75 Å². The van der Waals surface area contributed by atoms with Crippen LogP contribution < -0.4 is 20.7 Å². The third-order valence-corrected chi connectivity index (χ3v) is 3.88. The van der Waals surface area contributed by atoms with Crippen molar-refractivity contribution in [2.75, 3.05) is 31.6 Å². The third-order valence-electron chi connectivity index (χ3n) is 3.88. The van der Waals surface area contributed by atoms with Crippen molar-refractivity contribution >= 4 is 17.5 Å². The Morgan fingerprint density at radius 1 is 1.23 bits per heavy atom. The van der Waals surface area contributed by atoms with E-state index in [1.165, 1.54) is 11.8 Å². The Kier molecular flexibility index (Phi) is 6.05. The van der Waals surface area contributed by atoms with Crippen molar-refractivity contribution in [3.05, 3.63) is 60.1 Å². The van der Waals surface area contributed by atoms with Gasteiger partial charge in [0.25, 0.3) is 11.8 Å². The zero-order valence-corrected chi connectivity index (χ0v) is 14.3. The van der Waals surface area contributed by atoms with Crippen LogP contribution in [0.3, 0.4) is 0 Å². The van der Waals surface area contributed by atoms with Crippen molar-refractivity contribution in [2.24, 2.45) is 0 Å². The number of carbonyl (C=O) groups excluding carboxylic acids is 2. The molecular formula is C19H21N3O4. The zero-order valence-electron chi connectivity index (χ0n) is 14.3. The second-order valence-electron chi connectivity index (χ2n) is 5.84. The van der Waals surface area contributed by atoms with Gasteiger partial charge in [-0.05, 0) is 37.2 Å². The molecule has 2 aromatic rings. The molecule has 1 aromatic carbocycles. The van der Waals surface area contributed by atoms with E-state index in [4.69, 9.17) is 9.15 Å². The second kappa shape index (κ2) is 8.87. The molecule has 0 unspecified atom stereocenters. The highest BCUT2D eigenvalue weighted by molar-refractivity contribution is 6.02. The van der Waals surface area contributed by atoms with E-state index in [2.05, 4.69) is 22.0 Å². The van der Waals surface area contributed by atoms with Gasteiger partial charge in [0, 0.05) is 24.8 Å². The maximum atomic E-state index is 12.0. The molecule has 0 aliphatic carbocycles. The molecule has 0 atom stereocenters. The van der Waals surface area contributed by atoms with Gasteiger partial charge in [-0.2, -0.15) is 0 Å². The van der Waals surface area contributed by atoms with Gasteiger partial charge in [-0.3, -0.25) is 9.59 Å². The van der Waals surface area contributed by atoms with Crippen molar-refractivity contribution in [1.82, 2.24) is 10.6 Å². The molecule has 0 radical (unpaired) electrons. The Labute approximate surface area is 151 Å². The first kappa shape index (κ1) is 17.8. The summed E-state index contributed by atoms with van der Waals surface area (Å²) in [6, 6.07) is 10.1. The van der Waals surface area contributed by atoms with E-state index < -0.39 is 0 Å². The average molecular weight is 355 g/mol. The van der Waals surface area contributed by atoms with Crippen LogP contribution in [-0.2, 0) is 4.79 Å². The maximum Gasteiger partial charge on any atom is 0.291 e. The first-order chi connectivity index (χ1) is 12.7. The SMILES string of the molecule is O=C(COc1cccc(NC(=O)c2ccco2)c1)NCC1=CCNCC1. The van der Waals surface area contributed by atoms with Crippen molar-refractivity contribution < 1.29 is 18.7 Å². The lowest BCUT2D eigenvalue weighted by molar-refractivity contribution is -0.122. The molecule has 1 aliphatic heterocycles. The summed E-state index contributed by atoms with van der Waals surface area (Å²) in [5.74, 6) is 0.191. The van der Waals surface area contributed by atoms with E-state index in [9.17, 15) is 9.59 Å². The summed E-state index contributed by atoms with van der Waals surface area (Å²) in [5.41, 5.74) is 1.78. The monoisotopic (exact) mass is 355 g/mol. The molecule has 0 spiro atoms. The number of benzene rings is 1. The van der Waals surface area contributed by atoms with Crippen molar-refractivity contribution in [1.29, 1.82) is 0 Å². The first-order valence-electron chi connectivity index (χ1n) is 8.44. The van der Waals surface area contributed by atoms with E-state index in [-0.39, 0.29) is 24.2 Å². The molecule has 0 bridgehead atoms. The number of amides is 2. The summed E-state index contributed by atoms with van der Waals surface area (Å²) in [6.07, 6.45) is 4.47. The molecule has 1 aliphatic rings. The van der Waals surface area contributed by atoms with Crippen molar-refractivity contribution in [2.45, 2.75) is 6.42 Å². The molecule has 26 heavy (non-hydrogen) atoms. The summed E-state index contributed by atoms with van der Waals surface area (Å²) in [7, 11) is 0. The standard InChI is InChI=1S/C19H21N3O4/c23-18(21-12-14-6-8-20-9-7-14)13-26-16-4-1-3-15(11-16)22-19(24)17-5-2-10-25-17/h1-6,10-11,20H,7-9,12-13H2,(H,21,23)(H,22,24). The minimum atomic E-state index is -0.347. The van der Waals surface area contributed by atoms with Crippen molar-refractivity contribution in [3.8, 4) is 5.75 Å². The fourth-order valence-electron chi connectivity index (χ4n) is 2.51. The molecule has 3 rings (SSSR count). The van der Waals surface area contributed by atoms with Gasteiger partial charge in [0.1, 0.15) is 5.75 Å². The van der Waals surface area contributed by atoms with Gasteiger partial charge in [0.15, 0.2) is 12.4 Å². The van der Waals surface area contributed by atoms with Gasteiger partial charge in [-0.25, -0.2) is 0 Å². The number of hydrogen-bond acceptors (Lipinski definition) is 5. The van der Waals surface area contributed by atoms with Gasteiger partial charge < -0.3 is 25.1 Å². The molecule has 1 aromatic heterocycles. The number of carbonyl (C=O) groups is 2. The van der Waals surface area contributed by atoms with Crippen LogP contribution in [0.4, 0.5) is 5.69 Å². The Bertz CT molecular complexity index is 784. The topological polar surface area (TPSA) is 92.6 Å². The number of hydrogen-bond donors (Lipinski definition) is 3. The first-order valence-corrected chi connectivity index (χ1v) is 8.44. The number of ether oxygens (including phenoxy) is 1. The number of furan rings is 1. The van der Waals surface area contributed by atoms with Gasteiger partial charge in [-0.1, -0.05) is 17.7 Å². The highest BCUT2D eigenvalue weighted by Gasteiger charge is 2.10. The van der Waals surface area contributed by atoms with Crippen LogP contribution in [0.2, 0.25) is 0 Å². The Morgan fingerprint density at radius 2 is 2.15 bits per heavy atom. The van der Waals surface area contributed by atoms with E-state index in [1.54, 1.807) is 36.4 Å². The van der Waals surface area contributed by atoms with Crippen molar-refractivity contribution in [3.63, 3.8) is 0 Å². The van der Waals surface area contributed by atoms with E-state index in [1.807, 2.05) is 0 Å². The Balaban J connectivity index is 1.46. The molecule has 0 fully saturated rings. The molecule has 2 heterocycles. The van der Waals surface area contributed by atoms with E-state index in [0.29, 0.717) is 18.0 Å². The van der Waals surface area contributed by atoms with Gasteiger partial charge in [0.2, 0.25) is 0 Å². The third kappa shape index (κ3) is 5.22. The highest BCUT2D eigenvalue weighted by Crippen LogP contribution is 2.18. The molecule has 136 valence electrons. The molecule has 7 nitrogen and oxygen atoms in total. The quantitative estimate of drug-likeness (QED) is 0.660. The summed E-state index contributed by atoms with van der Waals surface area (Å²) in [4.78, 5) is 23.9. The largest absolute Gasteiger partial charge is 0.484 e.